The molecule has 1 atom stereocenters. The summed E-state index contributed by atoms with van der Waals surface area (Å²) in [4.78, 5) is 12.1. The Morgan fingerprint density at radius 2 is 2.07 bits per heavy atom. The Balaban J connectivity index is 1.29. The summed E-state index contributed by atoms with van der Waals surface area (Å²) in [7, 11) is 0. The molecular formula is C21H22N2O4. The number of fused-ring (bicyclic) bond motifs is 1. The fraction of sp³-hybridized carbons (Fsp3) is 0.333. The molecule has 6 nitrogen and oxygen atoms in total. The van der Waals surface area contributed by atoms with Gasteiger partial charge in [0.25, 0.3) is 5.91 Å². The maximum Gasteiger partial charge on any atom is 0.273 e. The molecule has 3 aromatic rings. The zero-order valence-corrected chi connectivity index (χ0v) is 15.0. The standard InChI is InChI=1S/C21H22N2O4/c24-21(22-11-15-8-9-25-12-15)20-10-18(27-23-20)14-26-13-17-6-3-5-16-4-1-2-7-19(16)17/h1-7,10,15H,8-9,11-14H2,(H,22,24). The maximum absolute atomic E-state index is 12.1. The second-order valence-corrected chi connectivity index (χ2v) is 6.75. The second kappa shape index (κ2) is 8.33. The number of nitrogens with one attached hydrogen (secondary N) is 1. The highest BCUT2D eigenvalue weighted by atomic mass is 16.5. The van der Waals surface area contributed by atoms with Gasteiger partial charge in [-0.1, -0.05) is 47.6 Å². The number of hydrogen-bond acceptors (Lipinski definition) is 5. The van der Waals surface area contributed by atoms with Crippen LogP contribution in [0.4, 0.5) is 0 Å². The smallest absolute Gasteiger partial charge is 0.273 e. The van der Waals surface area contributed by atoms with Gasteiger partial charge in [0.1, 0.15) is 6.61 Å². The molecule has 1 N–H and O–H groups in total. The molecule has 1 unspecified atom stereocenters. The van der Waals surface area contributed by atoms with Crippen LogP contribution in [0.25, 0.3) is 10.8 Å². The van der Waals surface area contributed by atoms with E-state index in [2.05, 4.69) is 28.7 Å². The van der Waals surface area contributed by atoms with Gasteiger partial charge in [-0.05, 0) is 22.8 Å². The molecule has 0 aliphatic carbocycles. The van der Waals surface area contributed by atoms with Crippen molar-refractivity contribution in [3.05, 3.63) is 65.5 Å². The second-order valence-electron chi connectivity index (χ2n) is 6.75. The maximum atomic E-state index is 12.1. The molecular weight excluding hydrogens is 344 g/mol. The molecule has 0 radical (unpaired) electrons. The number of amides is 1. The van der Waals surface area contributed by atoms with Gasteiger partial charge in [0, 0.05) is 25.1 Å². The number of hydrogen-bond donors (Lipinski definition) is 1. The lowest BCUT2D eigenvalue weighted by Gasteiger charge is -2.07. The zero-order valence-electron chi connectivity index (χ0n) is 15.0. The van der Waals surface area contributed by atoms with Gasteiger partial charge in [-0.2, -0.15) is 0 Å². The third-order valence-electron chi connectivity index (χ3n) is 4.75. The first-order chi connectivity index (χ1) is 13.3. The van der Waals surface area contributed by atoms with Crippen LogP contribution in [-0.2, 0) is 22.7 Å². The first-order valence-corrected chi connectivity index (χ1v) is 9.15. The lowest BCUT2D eigenvalue weighted by Crippen LogP contribution is -2.29. The van der Waals surface area contributed by atoms with Crippen molar-refractivity contribution in [3.8, 4) is 0 Å². The predicted octanol–water partition coefficient (Wildman–Crippen LogP) is 3.31. The summed E-state index contributed by atoms with van der Waals surface area (Å²) in [6, 6.07) is 16.0. The Labute approximate surface area is 157 Å². The van der Waals surface area contributed by atoms with Gasteiger partial charge in [-0.25, -0.2) is 0 Å². The van der Waals surface area contributed by atoms with Gasteiger partial charge in [-0.3, -0.25) is 4.79 Å². The van der Waals surface area contributed by atoms with E-state index in [0.29, 0.717) is 31.4 Å². The molecule has 2 aromatic carbocycles. The topological polar surface area (TPSA) is 73.6 Å². The van der Waals surface area contributed by atoms with E-state index in [1.807, 2.05) is 24.3 Å². The van der Waals surface area contributed by atoms with E-state index in [0.717, 1.165) is 18.6 Å². The third-order valence-corrected chi connectivity index (χ3v) is 4.75. The van der Waals surface area contributed by atoms with E-state index in [-0.39, 0.29) is 18.2 Å². The zero-order chi connectivity index (χ0) is 18.5. The first kappa shape index (κ1) is 17.7. The minimum absolute atomic E-state index is 0.231. The van der Waals surface area contributed by atoms with Crippen molar-refractivity contribution in [1.82, 2.24) is 10.5 Å². The van der Waals surface area contributed by atoms with E-state index in [1.54, 1.807) is 6.07 Å². The van der Waals surface area contributed by atoms with E-state index < -0.39 is 0 Å². The average molecular weight is 366 g/mol. The summed E-state index contributed by atoms with van der Waals surface area (Å²) >= 11 is 0. The van der Waals surface area contributed by atoms with E-state index in [1.165, 1.54) is 10.8 Å². The quantitative estimate of drug-likeness (QED) is 0.694. The SMILES string of the molecule is O=C(NCC1CCOC1)c1cc(COCc2cccc3ccccc23)on1. The number of rotatable bonds is 7. The fourth-order valence-corrected chi connectivity index (χ4v) is 3.24. The number of carbonyl (C=O) groups excluding carboxylic acids is 1. The molecule has 1 aromatic heterocycles. The van der Waals surface area contributed by atoms with Gasteiger partial charge < -0.3 is 19.3 Å². The van der Waals surface area contributed by atoms with Crippen LogP contribution >= 0.6 is 0 Å². The number of benzene rings is 2. The van der Waals surface area contributed by atoms with Crippen LogP contribution in [0.2, 0.25) is 0 Å². The van der Waals surface area contributed by atoms with Crippen molar-refractivity contribution < 1.29 is 18.8 Å². The van der Waals surface area contributed by atoms with Crippen LogP contribution in [0.5, 0.6) is 0 Å². The van der Waals surface area contributed by atoms with Gasteiger partial charge in [0.05, 0.1) is 13.2 Å². The summed E-state index contributed by atoms with van der Waals surface area (Å²) < 4.78 is 16.3. The van der Waals surface area contributed by atoms with E-state index in [9.17, 15) is 4.79 Å². The predicted molar refractivity (Wildman–Crippen MR) is 100 cm³/mol. The molecule has 0 saturated carbocycles. The van der Waals surface area contributed by atoms with Crippen LogP contribution in [0.1, 0.15) is 28.2 Å². The molecule has 2 heterocycles. The minimum atomic E-state index is -0.231. The van der Waals surface area contributed by atoms with Gasteiger partial charge in [-0.15, -0.1) is 0 Å². The molecule has 27 heavy (non-hydrogen) atoms. The van der Waals surface area contributed by atoms with Crippen LogP contribution in [0.3, 0.4) is 0 Å². The van der Waals surface area contributed by atoms with Crippen molar-refractivity contribution in [3.63, 3.8) is 0 Å². The first-order valence-electron chi connectivity index (χ1n) is 9.15. The average Bonchev–Trinajstić information content (AvgIpc) is 3.38. The molecule has 1 fully saturated rings. The highest BCUT2D eigenvalue weighted by molar-refractivity contribution is 5.92. The van der Waals surface area contributed by atoms with E-state index in [4.69, 9.17) is 14.0 Å². The van der Waals surface area contributed by atoms with Crippen molar-refractivity contribution in [2.75, 3.05) is 19.8 Å². The Hall–Kier alpha value is -2.70. The van der Waals surface area contributed by atoms with Crippen molar-refractivity contribution in [1.29, 1.82) is 0 Å². The molecule has 6 heteroatoms. The molecule has 0 bridgehead atoms. The summed E-state index contributed by atoms with van der Waals surface area (Å²) in [5.41, 5.74) is 1.39. The van der Waals surface area contributed by atoms with Crippen molar-refractivity contribution in [2.24, 2.45) is 5.92 Å². The highest BCUT2D eigenvalue weighted by Gasteiger charge is 2.18. The van der Waals surface area contributed by atoms with Crippen LogP contribution in [0.15, 0.2) is 53.1 Å². The molecule has 1 aliphatic rings. The summed E-state index contributed by atoms with van der Waals surface area (Å²) in [5.74, 6) is 0.680. The van der Waals surface area contributed by atoms with Gasteiger partial charge >= 0.3 is 0 Å². The van der Waals surface area contributed by atoms with Crippen molar-refractivity contribution >= 4 is 16.7 Å². The number of ether oxygens (including phenoxy) is 2. The minimum Gasteiger partial charge on any atom is -0.381 e. The molecule has 140 valence electrons. The number of aromatic nitrogens is 1. The summed E-state index contributed by atoms with van der Waals surface area (Å²) in [5, 5.41) is 9.07. The van der Waals surface area contributed by atoms with Crippen molar-refractivity contribution in [2.45, 2.75) is 19.6 Å². The van der Waals surface area contributed by atoms with Crippen LogP contribution < -0.4 is 5.32 Å². The Morgan fingerprint density at radius 3 is 2.96 bits per heavy atom. The molecule has 0 spiro atoms. The number of carbonyl (C=O) groups is 1. The molecule has 4 rings (SSSR count). The number of nitrogens with zero attached hydrogens (tertiary/aromatic N) is 1. The monoisotopic (exact) mass is 366 g/mol. The molecule has 1 saturated heterocycles. The summed E-state index contributed by atoms with van der Waals surface area (Å²) in [6.07, 6.45) is 0.979. The normalized spacial score (nSPS) is 16.7. The lowest BCUT2D eigenvalue weighted by atomic mass is 10.1. The fourth-order valence-electron chi connectivity index (χ4n) is 3.24. The Bertz CT molecular complexity index is 910. The van der Waals surface area contributed by atoms with Crippen LogP contribution in [0, 0.1) is 5.92 Å². The third kappa shape index (κ3) is 4.35. The van der Waals surface area contributed by atoms with E-state index >= 15 is 0 Å². The van der Waals surface area contributed by atoms with Gasteiger partial charge in [0.2, 0.25) is 0 Å². The van der Waals surface area contributed by atoms with Gasteiger partial charge in [0.15, 0.2) is 11.5 Å². The lowest BCUT2D eigenvalue weighted by molar-refractivity contribution is 0.0883. The Morgan fingerprint density at radius 1 is 1.19 bits per heavy atom. The highest BCUT2D eigenvalue weighted by Crippen LogP contribution is 2.19. The summed E-state index contributed by atoms with van der Waals surface area (Å²) in [6.45, 7) is 2.79. The molecule has 1 aliphatic heterocycles. The Kier molecular flexibility index (Phi) is 5.46. The molecule has 1 amide bonds. The largest absolute Gasteiger partial charge is 0.381 e. The van der Waals surface area contributed by atoms with Crippen LogP contribution in [-0.4, -0.2) is 30.8 Å².